The lowest BCUT2D eigenvalue weighted by Gasteiger charge is -2.14. The van der Waals surface area contributed by atoms with Gasteiger partial charge in [-0.05, 0) is 44.1 Å². The van der Waals surface area contributed by atoms with Gasteiger partial charge in [0.2, 0.25) is 0 Å². The maximum Gasteiger partial charge on any atom is 0.130 e. The van der Waals surface area contributed by atoms with Crippen LogP contribution in [-0.2, 0) is 6.42 Å². The van der Waals surface area contributed by atoms with Crippen LogP contribution in [-0.4, -0.2) is 30.1 Å². The number of benzene rings is 1. The molecule has 1 aromatic rings. The predicted octanol–water partition coefficient (Wildman–Crippen LogP) is 2.33. The Hall–Kier alpha value is -1.09. The summed E-state index contributed by atoms with van der Waals surface area (Å²) in [5, 5.41) is 9.30. The Morgan fingerprint density at radius 3 is 2.67 bits per heavy atom. The van der Waals surface area contributed by atoms with Crippen LogP contribution in [0.1, 0.15) is 18.1 Å². The summed E-state index contributed by atoms with van der Waals surface area (Å²) < 4.78 is 13.4. The highest BCUT2D eigenvalue weighted by atomic mass is 19.1. The molecule has 0 atom stereocenters. The van der Waals surface area contributed by atoms with Gasteiger partial charge in [0, 0.05) is 12.6 Å². The van der Waals surface area contributed by atoms with Gasteiger partial charge < -0.3 is 10.0 Å². The highest BCUT2D eigenvalue weighted by molar-refractivity contribution is 5.36. The zero-order valence-corrected chi connectivity index (χ0v) is 9.55. The third-order valence-corrected chi connectivity index (χ3v) is 2.67. The van der Waals surface area contributed by atoms with Crippen LogP contribution < -0.4 is 0 Å². The molecule has 3 heteroatoms. The maximum atomic E-state index is 13.4. The van der Waals surface area contributed by atoms with E-state index in [-0.39, 0.29) is 11.6 Å². The summed E-state index contributed by atoms with van der Waals surface area (Å²) in [6.07, 6.45) is 0.678. The van der Waals surface area contributed by atoms with Crippen LogP contribution in [0.25, 0.3) is 0 Å². The Balaban J connectivity index is 2.73. The van der Waals surface area contributed by atoms with Crippen molar-refractivity contribution in [2.75, 3.05) is 20.1 Å². The Morgan fingerprint density at radius 2 is 2.07 bits per heavy atom. The van der Waals surface area contributed by atoms with Crippen LogP contribution in [0.4, 0.5) is 4.39 Å². The van der Waals surface area contributed by atoms with E-state index < -0.39 is 0 Å². The molecule has 0 amide bonds. The van der Waals surface area contributed by atoms with Crippen molar-refractivity contribution in [3.05, 3.63) is 29.1 Å². The number of aryl methyl sites for hydroxylation is 1. The molecule has 0 fully saturated rings. The Bertz CT molecular complexity index is 339. The molecule has 0 heterocycles. The second kappa shape index (κ2) is 5.12. The molecule has 0 aliphatic heterocycles. The second-order valence-corrected chi connectivity index (χ2v) is 3.88. The van der Waals surface area contributed by atoms with E-state index in [1.807, 2.05) is 7.05 Å². The molecular weight excluding hydrogens is 193 g/mol. The minimum atomic E-state index is -0.317. The topological polar surface area (TPSA) is 23.5 Å². The van der Waals surface area contributed by atoms with Crippen molar-refractivity contribution < 1.29 is 9.50 Å². The highest BCUT2D eigenvalue weighted by Crippen LogP contribution is 2.21. The summed E-state index contributed by atoms with van der Waals surface area (Å²) in [5.41, 5.74) is 1.40. The van der Waals surface area contributed by atoms with Gasteiger partial charge in [-0.25, -0.2) is 4.39 Å². The zero-order valence-electron chi connectivity index (χ0n) is 9.55. The van der Waals surface area contributed by atoms with Gasteiger partial charge >= 0.3 is 0 Å². The van der Waals surface area contributed by atoms with Crippen molar-refractivity contribution in [3.8, 4) is 5.75 Å². The number of halogens is 1. The van der Waals surface area contributed by atoms with E-state index >= 15 is 0 Å². The van der Waals surface area contributed by atoms with Gasteiger partial charge in [-0.15, -0.1) is 0 Å². The molecule has 0 spiro atoms. The highest BCUT2D eigenvalue weighted by Gasteiger charge is 2.07. The first-order chi connectivity index (χ1) is 7.04. The summed E-state index contributed by atoms with van der Waals surface area (Å²) in [6, 6.07) is 2.91. The quantitative estimate of drug-likeness (QED) is 0.826. The van der Waals surface area contributed by atoms with Gasteiger partial charge in [0.1, 0.15) is 11.6 Å². The van der Waals surface area contributed by atoms with Crippen molar-refractivity contribution >= 4 is 0 Å². The average Bonchev–Trinajstić information content (AvgIpc) is 2.21. The van der Waals surface area contributed by atoms with Crippen molar-refractivity contribution in [3.63, 3.8) is 0 Å². The van der Waals surface area contributed by atoms with Gasteiger partial charge in [0.25, 0.3) is 0 Å². The van der Waals surface area contributed by atoms with E-state index in [1.165, 1.54) is 6.07 Å². The fourth-order valence-corrected chi connectivity index (χ4v) is 1.39. The molecule has 0 unspecified atom stereocenters. The third-order valence-electron chi connectivity index (χ3n) is 2.67. The molecule has 0 aliphatic carbocycles. The molecule has 0 saturated carbocycles. The summed E-state index contributed by atoms with van der Waals surface area (Å²) >= 11 is 0. The second-order valence-electron chi connectivity index (χ2n) is 3.88. The smallest absolute Gasteiger partial charge is 0.130 e. The molecule has 0 bridgehead atoms. The molecule has 15 heavy (non-hydrogen) atoms. The van der Waals surface area contributed by atoms with Gasteiger partial charge in [0.15, 0.2) is 0 Å². The normalized spacial score (nSPS) is 11.0. The molecule has 0 radical (unpaired) electrons. The molecule has 1 aromatic carbocycles. The van der Waals surface area contributed by atoms with Gasteiger partial charge in [0.05, 0.1) is 0 Å². The van der Waals surface area contributed by atoms with E-state index in [0.29, 0.717) is 12.0 Å². The van der Waals surface area contributed by atoms with Crippen molar-refractivity contribution in [1.29, 1.82) is 0 Å². The lowest BCUT2D eigenvalue weighted by molar-refractivity contribution is 0.355. The first-order valence-corrected chi connectivity index (χ1v) is 5.21. The van der Waals surface area contributed by atoms with Crippen molar-refractivity contribution in [2.24, 2.45) is 0 Å². The maximum absolute atomic E-state index is 13.4. The lowest BCUT2D eigenvalue weighted by atomic mass is 10.1. The van der Waals surface area contributed by atoms with Crippen molar-refractivity contribution in [2.45, 2.75) is 20.3 Å². The van der Waals surface area contributed by atoms with Gasteiger partial charge in [-0.1, -0.05) is 6.92 Å². The Morgan fingerprint density at radius 1 is 1.40 bits per heavy atom. The largest absolute Gasteiger partial charge is 0.508 e. The number of rotatable bonds is 4. The standard InChI is InChI=1S/C12H18FNO/c1-4-14(3)6-5-10-7-9(2)12(15)8-11(10)13/h7-8,15H,4-6H2,1-3H3. The summed E-state index contributed by atoms with van der Waals surface area (Å²) in [7, 11) is 2.01. The number of likely N-dealkylation sites (N-methyl/N-ethyl adjacent to an activating group) is 1. The summed E-state index contributed by atoms with van der Waals surface area (Å²) in [4.78, 5) is 2.13. The SMILES string of the molecule is CCN(C)CCc1cc(C)c(O)cc1F. The molecule has 0 aliphatic rings. The van der Waals surface area contributed by atoms with Gasteiger partial charge in [-0.3, -0.25) is 0 Å². The number of hydrogen-bond acceptors (Lipinski definition) is 2. The number of phenolic OH excluding ortho intramolecular Hbond substituents is 1. The fraction of sp³-hybridized carbons (Fsp3) is 0.500. The van der Waals surface area contributed by atoms with Crippen LogP contribution in [0.2, 0.25) is 0 Å². The van der Waals surface area contributed by atoms with Gasteiger partial charge in [-0.2, -0.15) is 0 Å². The monoisotopic (exact) mass is 211 g/mol. The van der Waals surface area contributed by atoms with Crippen LogP contribution in [0.3, 0.4) is 0 Å². The molecule has 1 rings (SSSR count). The van der Waals surface area contributed by atoms with Crippen LogP contribution in [0.5, 0.6) is 5.75 Å². The van der Waals surface area contributed by atoms with Crippen LogP contribution in [0.15, 0.2) is 12.1 Å². The van der Waals surface area contributed by atoms with E-state index in [9.17, 15) is 9.50 Å². The minimum absolute atomic E-state index is 0.0279. The first kappa shape index (κ1) is 12.0. The summed E-state index contributed by atoms with van der Waals surface area (Å²) in [6.45, 7) is 5.64. The molecule has 1 N–H and O–H groups in total. The van der Waals surface area contributed by atoms with E-state index in [0.717, 1.165) is 18.7 Å². The number of hydrogen-bond donors (Lipinski definition) is 1. The number of aromatic hydroxyl groups is 1. The average molecular weight is 211 g/mol. The Kier molecular flexibility index (Phi) is 4.09. The zero-order chi connectivity index (χ0) is 11.4. The predicted molar refractivity (Wildman–Crippen MR) is 59.7 cm³/mol. The molecule has 2 nitrogen and oxygen atoms in total. The first-order valence-electron chi connectivity index (χ1n) is 5.21. The summed E-state index contributed by atoms with van der Waals surface area (Å²) in [5.74, 6) is -0.289. The molecule has 0 saturated heterocycles. The van der Waals surface area contributed by atoms with E-state index in [4.69, 9.17) is 0 Å². The van der Waals surface area contributed by atoms with Crippen molar-refractivity contribution in [1.82, 2.24) is 4.90 Å². The Labute approximate surface area is 90.3 Å². The molecule has 0 aromatic heterocycles. The van der Waals surface area contributed by atoms with E-state index in [1.54, 1.807) is 13.0 Å². The lowest BCUT2D eigenvalue weighted by Crippen LogP contribution is -2.20. The third kappa shape index (κ3) is 3.20. The minimum Gasteiger partial charge on any atom is -0.508 e. The van der Waals surface area contributed by atoms with Crippen LogP contribution in [0, 0.1) is 12.7 Å². The number of phenols is 1. The molecule has 84 valence electrons. The number of nitrogens with zero attached hydrogens (tertiary/aromatic N) is 1. The fourth-order valence-electron chi connectivity index (χ4n) is 1.39. The van der Waals surface area contributed by atoms with E-state index in [2.05, 4.69) is 11.8 Å². The van der Waals surface area contributed by atoms with Crippen LogP contribution >= 0.6 is 0 Å². The molecular formula is C12H18FNO.